The lowest BCUT2D eigenvalue weighted by molar-refractivity contribution is 0.0782. The van der Waals surface area contributed by atoms with E-state index < -0.39 is 0 Å². The van der Waals surface area contributed by atoms with Gasteiger partial charge in [-0.2, -0.15) is 0 Å². The number of nitrogens with zero attached hydrogens (tertiary/aromatic N) is 1. The summed E-state index contributed by atoms with van der Waals surface area (Å²) in [6.45, 7) is 3.85. The van der Waals surface area contributed by atoms with Crippen LogP contribution in [0, 0.1) is 5.92 Å². The largest absolute Gasteiger partial charge is 0.376 e. The molecule has 1 atom stereocenters. The summed E-state index contributed by atoms with van der Waals surface area (Å²) >= 11 is 0. The minimum absolute atomic E-state index is 0. The number of hydrogen-bond acceptors (Lipinski definition) is 3. The van der Waals surface area contributed by atoms with Gasteiger partial charge >= 0.3 is 0 Å². The quantitative estimate of drug-likeness (QED) is 0.877. The molecule has 2 rings (SSSR count). The summed E-state index contributed by atoms with van der Waals surface area (Å²) in [5, 5.41) is 3.39. The van der Waals surface area contributed by atoms with Gasteiger partial charge < -0.3 is 10.1 Å². The molecule has 0 spiro atoms. The van der Waals surface area contributed by atoms with Crippen LogP contribution >= 0.6 is 12.4 Å². The summed E-state index contributed by atoms with van der Waals surface area (Å²) in [7, 11) is 0. The molecule has 0 saturated carbocycles. The summed E-state index contributed by atoms with van der Waals surface area (Å²) in [5.74, 6) is 0.695. The maximum atomic E-state index is 5.69. The van der Waals surface area contributed by atoms with Crippen LogP contribution in [0.3, 0.4) is 0 Å². The Kier molecular flexibility index (Phi) is 6.38. The van der Waals surface area contributed by atoms with Gasteiger partial charge in [0.15, 0.2) is 0 Å². The molecule has 16 heavy (non-hydrogen) atoms. The molecule has 3 nitrogen and oxygen atoms in total. The highest BCUT2D eigenvalue weighted by atomic mass is 35.5. The minimum Gasteiger partial charge on any atom is -0.376 e. The average Bonchev–Trinajstić information content (AvgIpc) is 2.32. The van der Waals surface area contributed by atoms with Crippen LogP contribution in [0.15, 0.2) is 24.5 Å². The molecule has 0 aliphatic carbocycles. The lowest BCUT2D eigenvalue weighted by Crippen LogP contribution is -2.32. The first kappa shape index (κ1) is 13.4. The van der Waals surface area contributed by atoms with Crippen LogP contribution in [-0.4, -0.2) is 24.7 Å². The van der Waals surface area contributed by atoms with E-state index in [1.165, 1.54) is 24.9 Å². The molecule has 1 aliphatic rings. The second-order valence-corrected chi connectivity index (χ2v) is 4.08. The Balaban J connectivity index is 0.00000128. The second kappa shape index (κ2) is 7.60. The van der Waals surface area contributed by atoms with Gasteiger partial charge in [0.25, 0.3) is 0 Å². The van der Waals surface area contributed by atoms with Crippen molar-refractivity contribution < 1.29 is 4.74 Å². The zero-order valence-electron chi connectivity index (χ0n) is 9.39. The van der Waals surface area contributed by atoms with E-state index in [-0.39, 0.29) is 12.4 Å². The van der Waals surface area contributed by atoms with E-state index in [0.29, 0.717) is 12.5 Å². The van der Waals surface area contributed by atoms with E-state index in [4.69, 9.17) is 4.74 Å². The van der Waals surface area contributed by atoms with Crippen LogP contribution in [0.2, 0.25) is 0 Å². The molecule has 0 amide bonds. The van der Waals surface area contributed by atoms with Gasteiger partial charge in [-0.3, -0.25) is 4.98 Å². The van der Waals surface area contributed by atoms with Crippen LogP contribution in [0.25, 0.3) is 0 Å². The zero-order chi connectivity index (χ0) is 10.3. The van der Waals surface area contributed by atoms with Gasteiger partial charge in [-0.15, -0.1) is 12.4 Å². The van der Waals surface area contributed by atoms with Crippen molar-refractivity contribution in [3.8, 4) is 0 Å². The van der Waals surface area contributed by atoms with Crippen molar-refractivity contribution in [1.29, 1.82) is 0 Å². The fraction of sp³-hybridized carbons (Fsp3) is 0.583. The predicted octanol–water partition coefficient (Wildman–Crippen LogP) is 2.02. The van der Waals surface area contributed by atoms with Gasteiger partial charge in [0.1, 0.15) is 0 Å². The third kappa shape index (κ3) is 4.47. The first-order valence-electron chi connectivity index (χ1n) is 5.62. The number of nitrogens with one attached hydrogen (secondary N) is 1. The number of pyridine rings is 1. The van der Waals surface area contributed by atoms with E-state index in [2.05, 4.69) is 10.3 Å². The van der Waals surface area contributed by atoms with Gasteiger partial charge in [0, 0.05) is 18.9 Å². The maximum Gasteiger partial charge on any atom is 0.0718 e. The monoisotopic (exact) mass is 242 g/mol. The van der Waals surface area contributed by atoms with Crippen LogP contribution in [0.1, 0.15) is 18.4 Å². The Labute approximate surface area is 103 Å². The third-order valence-corrected chi connectivity index (χ3v) is 2.77. The standard InChI is InChI=1S/C12H18N2O.ClH/c1-2-12(8-14-5-1)10-15-9-11-3-6-13-7-4-11;/h3-4,6-7,12,14H,1-2,5,8-10H2;1H. The van der Waals surface area contributed by atoms with Crippen molar-refractivity contribution in [2.45, 2.75) is 19.4 Å². The van der Waals surface area contributed by atoms with Crippen molar-refractivity contribution >= 4 is 12.4 Å². The average molecular weight is 243 g/mol. The molecule has 1 aromatic heterocycles. The lowest BCUT2D eigenvalue weighted by atomic mass is 10.0. The Morgan fingerprint density at radius 2 is 2.19 bits per heavy atom. The smallest absolute Gasteiger partial charge is 0.0718 e. The van der Waals surface area contributed by atoms with Gasteiger partial charge in [-0.05, 0) is 43.0 Å². The Morgan fingerprint density at radius 1 is 1.38 bits per heavy atom. The highest BCUT2D eigenvalue weighted by molar-refractivity contribution is 5.85. The van der Waals surface area contributed by atoms with E-state index in [1.54, 1.807) is 12.4 Å². The molecule has 1 aliphatic heterocycles. The van der Waals surface area contributed by atoms with Gasteiger partial charge in [-0.25, -0.2) is 0 Å². The van der Waals surface area contributed by atoms with Crippen molar-refractivity contribution in [2.24, 2.45) is 5.92 Å². The number of hydrogen-bond donors (Lipinski definition) is 1. The molecule has 0 radical (unpaired) electrons. The topological polar surface area (TPSA) is 34.1 Å². The maximum absolute atomic E-state index is 5.69. The molecular formula is C12H19ClN2O. The lowest BCUT2D eigenvalue weighted by Gasteiger charge is -2.22. The fourth-order valence-electron chi connectivity index (χ4n) is 1.89. The van der Waals surface area contributed by atoms with E-state index in [1.807, 2.05) is 12.1 Å². The molecular weight excluding hydrogens is 224 g/mol. The molecule has 0 bridgehead atoms. The molecule has 1 unspecified atom stereocenters. The summed E-state index contributed by atoms with van der Waals surface area (Å²) in [6.07, 6.45) is 6.19. The summed E-state index contributed by atoms with van der Waals surface area (Å²) in [5.41, 5.74) is 1.20. The second-order valence-electron chi connectivity index (χ2n) is 4.08. The summed E-state index contributed by atoms with van der Waals surface area (Å²) in [4.78, 5) is 3.98. The number of piperidine rings is 1. The molecule has 1 saturated heterocycles. The predicted molar refractivity (Wildman–Crippen MR) is 66.7 cm³/mol. The molecule has 1 fully saturated rings. The minimum atomic E-state index is 0. The highest BCUT2D eigenvalue weighted by Crippen LogP contribution is 2.11. The first-order chi connectivity index (χ1) is 7.45. The van der Waals surface area contributed by atoms with Crippen LogP contribution in [0.5, 0.6) is 0 Å². The molecule has 90 valence electrons. The van der Waals surface area contributed by atoms with Crippen LogP contribution in [0.4, 0.5) is 0 Å². The Hall–Kier alpha value is -0.640. The third-order valence-electron chi connectivity index (χ3n) is 2.77. The molecule has 2 heterocycles. The summed E-state index contributed by atoms with van der Waals surface area (Å²) < 4.78 is 5.69. The van der Waals surface area contributed by atoms with Crippen LogP contribution in [-0.2, 0) is 11.3 Å². The fourth-order valence-corrected chi connectivity index (χ4v) is 1.89. The molecule has 4 heteroatoms. The van der Waals surface area contributed by atoms with Crippen molar-refractivity contribution in [1.82, 2.24) is 10.3 Å². The Morgan fingerprint density at radius 3 is 2.88 bits per heavy atom. The van der Waals surface area contributed by atoms with E-state index in [9.17, 15) is 0 Å². The summed E-state index contributed by atoms with van der Waals surface area (Å²) in [6, 6.07) is 4.00. The molecule has 0 aromatic carbocycles. The number of ether oxygens (including phenoxy) is 1. The van der Waals surface area contributed by atoms with Gasteiger partial charge in [0.05, 0.1) is 13.2 Å². The van der Waals surface area contributed by atoms with Gasteiger partial charge in [0.2, 0.25) is 0 Å². The van der Waals surface area contributed by atoms with Gasteiger partial charge in [-0.1, -0.05) is 0 Å². The zero-order valence-corrected chi connectivity index (χ0v) is 10.2. The normalized spacial score (nSPS) is 20.1. The Bertz CT molecular complexity index is 276. The van der Waals surface area contributed by atoms with E-state index in [0.717, 1.165) is 13.2 Å². The van der Waals surface area contributed by atoms with E-state index >= 15 is 0 Å². The molecule has 1 aromatic rings. The molecule has 1 N–H and O–H groups in total. The number of aromatic nitrogens is 1. The van der Waals surface area contributed by atoms with Crippen molar-refractivity contribution in [3.05, 3.63) is 30.1 Å². The van der Waals surface area contributed by atoms with Crippen molar-refractivity contribution in [3.63, 3.8) is 0 Å². The van der Waals surface area contributed by atoms with Crippen LogP contribution < -0.4 is 5.32 Å². The van der Waals surface area contributed by atoms with Crippen molar-refractivity contribution in [2.75, 3.05) is 19.7 Å². The highest BCUT2D eigenvalue weighted by Gasteiger charge is 2.12. The SMILES string of the molecule is Cl.c1cc(COCC2CCCNC2)ccn1. The number of halogens is 1. The first-order valence-corrected chi connectivity index (χ1v) is 5.62. The number of rotatable bonds is 4.